The van der Waals surface area contributed by atoms with Crippen molar-refractivity contribution in [3.63, 3.8) is 0 Å². The van der Waals surface area contributed by atoms with Crippen LogP contribution in [0.4, 0.5) is 0 Å². The number of methoxy groups -OCH3 is 1. The minimum absolute atomic E-state index is 0.0404. The summed E-state index contributed by atoms with van der Waals surface area (Å²) in [4.78, 5) is 4.00. The summed E-state index contributed by atoms with van der Waals surface area (Å²) >= 11 is 0. The van der Waals surface area contributed by atoms with Gasteiger partial charge in [-0.25, -0.2) is 0 Å². The molecule has 5 heteroatoms. The summed E-state index contributed by atoms with van der Waals surface area (Å²) in [6, 6.07) is 11.8. The molecule has 122 valence electrons. The highest BCUT2D eigenvalue weighted by Gasteiger charge is 2.33. The fraction of sp³-hybridized carbons (Fsp3) is 0.389. The summed E-state index contributed by atoms with van der Waals surface area (Å²) in [5.41, 5.74) is 2.20. The SMILES string of the molecule is COc1ccc(COC[C@H](OCc2ccncc2)[C@H]2CO2)cc1. The lowest BCUT2D eigenvalue weighted by molar-refractivity contribution is -0.0417. The molecule has 0 saturated carbocycles. The largest absolute Gasteiger partial charge is 0.497 e. The number of pyridine rings is 1. The minimum atomic E-state index is -0.0404. The van der Waals surface area contributed by atoms with Gasteiger partial charge in [0.15, 0.2) is 0 Å². The molecule has 0 spiro atoms. The summed E-state index contributed by atoms with van der Waals surface area (Å²) in [7, 11) is 1.66. The van der Waals surface area contributed by atoms with E-state index in [2.05, 4.69) is 4.98 Å². The van der Waals surface area contributed by atoms with E-state index in [1.165, 1.54) is 0 Å². The van der Waals surface area contributed by atoms with Gasteiger partial charge < -0.3 is 18.9 Å². The van der Waals surface area contributed by atoms with Crippen LogP contribution < -0.4 is 4.74 Å². The molecule has 5 nitrogen and oxygen atoms in total. The van der Waals surface area contributed by atoms with Crippen LogP contribution in [0.1, 0.15) is 11.1 Å². The molecule has 3 rings (SSSR count). The predicted molar refractivity (Wildman–Crippen MR) is 85.2 cm³/mol. The normalized spacial score (nSPS) is 17.7. The summed E-state index contributed by atoms with van der Waals surface area (Å²) in [6.07, 6.45) is 3.64. The first-order valence-corrected chi connectivity index (χ1v) is 7.68. The van der Waals surface area contributed by atoms with Crippen molar-refractivity contribution >= 4 is 0 Å². The van der Waals surface area contributed by atoms with Crippen molar-refractivity contribution in [1.29, 1.82) is 0 Å². The van der Waals surface area contributed by atoms with E-state index in [1.807, 2.05) is 36.4 Å². The lowest BCUT2D eigenvalue weighted by Crippen LogP contribution is -2.25. The van der Waals surface area contributed by atoms with Gasteiger partial charge in [-0.1, -0.05) is 12.1 Å². The van der Waals surface area contributed by atoms with Crippen LogP contribution in [0.5, 0.6) is 5.75 Å². The minimum Gasteiger partial charge on any atom is -0.497 e. The lowest BCUT2D eigenvalue weighted by Gasteiger charge is -2.16. The van der Waals surface area contributed by atoms with E-state index in [-0.39, 0.29) is 12.2 Å². The molecule has 1 saturated heterocycles. The maximum Gasteiger partial charge on any atom is 0.118 e. The molecule has 1 aromatic heterocycles. The van der Waals surface area contributed by atoms with Crippen LogP contribution in [0.2, 0.25) is 0 Å². The van der Waals surface area contributed by atoms with E-state index >= 15 is 0 Å². The van der Waals surface area contributed by atoms with E-state index in [9.17, 15) is 0 Å². The Kier molecular flexibility index (Phi) is 5.58. The fourth-order valence-corrected chi connectivity index (χ4v) is 2.23. The predicted octanol–water partition coefficient (Wildman–Crippen LogP) is 2.59. The Morgan fingerprint density at radius 3 is 2.43 bits per heavy atom. The van der Waals surface area contributed by atoms with Crippen LogP contribution in [-0.4, -0.2) is 37.5 Å². The van der Waals surface area contributed by atoms with E-state index in [4.69, 9.17) is 18.9 Å². The second-order valence-corrected chi connectivity index (χ2v) is 5.44. The van der Waals surface area contributed by atoms with Gasteiger partial charge in [-0.05, 0) is 35.4 Å². The van der Waals surface area contributed by atoms with Gasteiger partial charge in [0.2, 0.25) is 0 Å². The summed E-state index contributed by atoms with van der Waals surface area (Å²) in [5.74, 6) is 0.846. The third-order valence-corrected chi connectivity index (χ3v) is 3.70. The van der Waals surface area contributed by atoms with E-state index in [1.54, 1.807) is 19.5 Å². The first-order chi connectivity index (χ1) is 11.3. The highest BCUT2D eigenvalue weighted by Crippen LogP contribution is 2.19. The molecule has 23 heavy (non-hydrogen) atoms. The van der Waals surface area contributed by atoms with Gasteiger partial charge in [-0.15, -0.1) is 0 Å². The van der Waals surface area contributed by atoms with Crippen molar-refractivity contribution in [3.8, 4) is 5.75 Å². The van der Waals surface area contributed by atoms with Gasteiger partial charge in [0.05, 0.1) is 33.5 Å². The Bertz CT molecular complexity index is 584. The quantitative estimate of drug-likeness (QED) is 0.666. The average molecular weight is 315 g/mol. The van der Waals surface area contributed by atoms with E-state index < -0.39 is 0 Å². The standard InChI is InChI=1S/C18H21NO4/c1-20-16-4-2-14(3-5-16)10-21-12-17(18-13-23-18)22-11-15-6-8-19-9-7-15/h2-9,17-18H,10-13H2,1H3/t17-,18+/m0/s1. The van der Waals surface area contributed by atoms with E-state index in [0.717, 1.165) is 23.5 Å². The number of hydrogen-bond donors (Lipinski definition) is 0. The van der Waals surface area contributed by atoms with Crippen molar-refractivity contribution in [2.45, 2.75) is 25.4 Å². The molecule has 0 bridgehead atoms. The highest BCUT2D eigenvalue weighted by molar-refractivity contribution is 5.26. The van der Waals surface area contributed by atoms with Gasteiger partial charge in [0.1, 0.15) is 18.0 Å². The zero-order valence-electron chi connectivity index (χ0n) is 13.2. The van der Waals surface area contributed by atoms with Crippen molar-refractivity contribution in [2.24, 2.45) is 0 Å². The molecular formula is C18H21NO4. The molecule has 2 aromatic rings. The molecule has 1 aromatic carbocycles. The number of nitrogens with zero attached hydrogens (tertiary/aromatic N) is 1. The topological polar surface area (TPSA) is 53.1 Å². The van der Waals surface area contributed by atoms with Crippen molar-refractivity contribution in [1.82, 2.24) is 4.98 Å². The van der Waals surface area contributed by atoms with E-state index in [0.29, 0.717) is 19.8 Å². The molecule has 0 radical (unpaired) electrons. The van der Waals surface area contributed by atoms with Crippen molar-refractivity contribution < 1.29 is 18.9 Å². The Morgan fingerprint density at radius 2 is 1.78 bits per heavy atom. The maximum absolute atomic E-state index is 5.93. The highest BCUT2D eigenvalue weighted by atomic mass is 16.6. The Morgan fingerprint density at radius 1 is 1.09 bits per heavy atom. The first kappa shape index (κ1) is 15.9. The van der Waals surface area contributed by atoms with Crippen LogP contribution >= 0.6 is 0 Å². The molecule has 2 atom stereocenters. The first-order valence-electron chi connectivity index (χ1n) is 7.68. The Balaban J connectivity index is 1.44. The molecule has 2 heterocycles. The lowest BCUT2D eigenvalue weighted by atomic mass is 10.2. The molecule has 1 aliphatic heterocycles. The van der Waals surface area contributed by atoms with Gasteiger partial charge in [0.25, 0.3) is 0 Å². The summed E-state index contributed by atoms with van der Waals surface area (Å²) in [6.45, 7) is 2.35. The number of hydrogen-bond acceptors (Lipinski definition) is 5. The third-order valence-electron chi connectivity index (χ3n) is 3.70. The van der Waals surface area contributed by atoms with Crippen LogP contribution in [-0.2, 0) is 27.4 Å². The van der Waals surface area contributed by atoms with Gasteiger partial charge in [-0.3, -0.25) is 4.98 Å². The second-order valence-electron chi connectivity index (χ2n) is 5.44. The Labute approximate surface area is 136 Å². The van der Waals surface area contributed by atoms with Crippen molar-refractivity contribution in [2.75, 3.05) is 20.3 Å². The monoisotopic (exact) mass is 315 g/mol. The van der Waals surface area contributed by atoms with Crippen LogP contribution in [0.25, 0.3) is 0 Å². The number of epoxide rings is 1. The van der Waals surface area contributed by atoms with Crippen LogP contribution in [0.15, 0.2) is 48.8 Å². The smallest absolute Gasteiger partial charge is 0.118 e. The molecule has 0 unspecified atom stereocenters. The molecule has 0 amide bonds. The van der Waals surface area contributed by atoms with Crippen molar-refractivity contribution in [3.05, 3.63) is 59.9 Å². The molecule has 1 fully saturated rings. The molecule has 0 aliphatic carbocycles. The Hall–Kier alpha value is -1.95. The van der Waals surface area contributed by atoms with Gasteiger partial charge in [-0.2, -0.15) is 0 Å². The second kappa shape index (κ2) is 8.06. The average Bonchev–Trinajstić information content (AvgIpc) is 3.44. The summed E-state index contributed by atoms with van der Waals surface area (Å²) in [5, 5.41) is 0. The third kappa shape index (κ3) is 5.03. The maximum atomic E-state index is 5.93. The number of benzene rings is 1. The zero-order valence-corrected chi connectivity index (χ0v) is 13.2. The molecule has 0 N–H and O–H groups in total. The van der Waals surface area contributed by atoms with Crippen LogP contribution in [0, 0.1) is 0 Å². The molecule has 1 aliphatic rings. The molecular weight excluding hydrogens is 294 g/mol. The summed E-state index contributed by atoms with van der Waals surface area (Å²) < 4.78 is 22.2. The number of ether oxygens (including phenoxy) is 4. The van der Waals surface area contributed by atoms with Gasteiger partial charge >= 0.3 is 0 Å². The number of aromatic nitrogens is 1. The van der Waals surface area contributed by atoms with Gasteiger partial charge in [0, 0.05) is 12.4 Å². The zero-order chi connectivity index (χ0) is 15.9. The number of rotatable bonds is 9. The fourth-order valence-electron chi connectivity index (χ4n) is 2.23. The van der Waals surface area contributed by atoms with Crippen LogP contribution in [0.3, 0.4) is 0 Å².